The third kappa shape index (κ3) is 1.93. The Kier molecular flexibility index (Phi) is 2.96. The summed E-state index contributed by atoms with van der Waals surface area (Å²) < 4.78 is 5.08. The first-order valence-electron chi connectivity index (χ1n) is 5.11. The molecule has 2 rings (SSSR count). The molecule has 0 unspecified atom stereocenters. The van der Waals surface area contributed by atoms with E-state index in [0.717, 1.165) is 19.3 Å². The van der Waals surface area contributed by atoms with Crippen LogP contribution in [-0.2, 0) is 6.42 Å². The number of aromatic nitrogens is 4. The van der Waals surface area contributed by atoms with Gasteiger partial charge in [-0.2, -0.15) is 15.3 Å². The van der Waals surface area contributed by atoms with Crippen LogP contribution in [0.2, 0.25) is 0 Å². The van der Waals surface area contributed by atoms with E-state index < -0.39 is 0 Å². The number of nitrogens with one attached hydrogen (secondary N) is 1. The van der Waals surface area contributed by atoms with Crippen LogP contribution in [-0.4, -0.2) is 20.3 Å². The fraction of sp³-hybridized carbons (Fsp3) is 0.400. The number of nitriles is 1. The molecule has 0 aliphatic rings. The van der Waals surface area contributed by atoms with Crippen molar-refractivity contribution in [3.05, 3.63) is 17.7 Å². The van der Waals surface area contributed by atoms with Crippen molar-refractivity contribution in [2.45, 2.75) is 26.2 Å². The Morgan fingerprint density at radius 2 is 2.44 bits per heavy atom. The topological polar surface area (TPSA) is 91.4 Å². The van der Waals surface area contributed by atoms with Crippen molar-refractivity contribution >= 4 is 0 Å². The van der Waals surface area contributed by atoms with Crippen molar-refractivity contribution in [1.29, 1.82) is 5.26 Å². The molecule has 0 aliphatic heterocycles. The lowest BCUT2D eigenvalue weighted by molar-refractivity contribution is 0.421. The Morgan fingerprint density at radius 1 is 1.56 bits per heavy atom. The highest BCUT2D eigenvalue weighted by Gasteiger charge is 2.14. The number of H-pyrrole nitrogens is 1. The minimum atomic E-state index is 0.339. The average molecular weight is 217 g/mol. The van der Waals surface area contributed by atoms with Gasteiger partial charge in [-0.25, -0.2) is 0 Å². The lowest BCUT2D eigenvalue weighted by Crippen LogP contribution is -1.87. The van der Waals surface area contributed by atoms with E-state index in [2.05, 4.69) is 27.3 Å². The van der Waals surface area contributed by atoms with E-state index in [4.69, 9.17) is 9.78 Å². The van der Waals surface area contributed by atoms with Crippen LogP contribution < -0.4 is 0 Å². The van der Waals surface area contributed by atoms with Crippen LogP contribution in [0.1, 0.15) is 31.3 Å². The van der Waals surface area contributed by atoms with Crippen LogP contribution in [0.25, 0.3) is 11.5 Å². The molecule has 0 atom stereocenters. The number of rotatable bonds is 4. The number of nitrogens with zero attached hydrogens (tertiary/aromatic N) is 4. The molecule has 82 valence electrons. The standard InChI is InChI=1S/C10H11N5O/c1-2-3-4-9-13-10(16-15-9)7-6-12-14-8(7)5-11/h6H,2-4H2,1H3,(H,12,14). The van der Waals surface area contributed by atoms with Gasteiger partial charge in [0.1, 0.15) is 11.8 Å². The number of hydrogen-bond acceptors (Lipinski definition) is 5. The molecule has 2 heterocycles. The van der Waals surface area contributed by atoms with E-state index in [0.29, 0.717) is 23.0 Å². The van der Waals surface area contributed by atoms with Crippen molar-refractivity contribution < 1.29 is 4.52 Å². The van der Waals surface area contributed by atoms with Crippen molar-refractivity contribution in [3.63, 3.8) is 0 Å². The minimum absolute atomic E-state index is 0.339. The van der Waals surface area contributed by atoms with Crippen molar-refractivity contribution in [2.75, 3.05) is 0 Å². The van der Waals surface area contributed by atoms with E-state index in [1.807, 2.05) is 6.07 Å². The molecule has 0 spiro atoms. The molecular formula is C10H11N5O. The van der Waals surface area contributed by atoms with Crippen LogP contribution in [0.5, 0.6) is 0 Å². The van der Waals surface area contributed by atoms with E-state index in [1.54, 1.807) is 0 Å². The summed E-state index contributed by atoms with van der Waals surface area (Å²) in [4.78, 5) is 4.21. The van der Waals surface area contributed by atoms with Gasteiger partial charge in [0.05, 0.1) is 11.8 Å². The number of aryl methyl sites for hydroxylation is 1. The minimum Gasteiger partial charge on any atom is -0.334 e. The Bertz CT molecular complexity index is 507. The average Bonchev–Trinajstić information content (AvgIpc) is 2.94. The van der Waals surface area contributed by atoms with Crippen LogP contribution in [0.4, 0.5) is 0 Å². The maximum atomic E-state index is 8.81. The Morgan fingerprint density at radius 3 is 3.19 bits per heavy atom. The monoisotopic (exact) mass is 217 g/mol. The SMILES string of the molecule is CCCCc1noc(-c2cn[nH]c2C#N)n1. The summed E-state index contributed by atoms with van der Waals surface area (Å²) in [7, 11) is 0. The highest BCUT2D eigenvalue weighted by molar-refractivity contribution is 5.58. The summed E-state index contributed by atoms with van der Waals surface area (Å²) in [6.45, 7) is 2.10. The molecule has 2 aromatic rings. The maximum absolute atomic E-state index is 8.81. The lowest BCUT2D eigenvalue weighted by Gasteiger charge is -1.88. The first-order chi connectivity index (χ1) is 7.85. The fourth-order valence-electron chi connectivity index (χ4n) is 1.33. The van der Waals surface area contributed by atoms with Gasteiger partial charge in [0.2, 0.25) is 0 Å². The summed E-state index contributed by atoms with van der Waals surface area (Å²) in [6, 6.07) is 1.98. The second-order valence-corrected chi connectivity index (χ2v) is 3.39. The van der Waals surface area contributed by atoms with Gasteiger partial charge in [-0.15, -0.1) is 0 Å². The van der Waals surface area contributed by atoms with Crippen molar-refractivity contribution in [1.82, 2.24) is 20.3 Å². The summed E-state index contributed by atoms with van der Waals surface area (Å²) in [5.41, 5.74) is 0.892. The molecular weight excluding hydrogens is 206 g/mol. The third-order valence-corrected chi connectivity index (χ3v) is 2.20. The highest BCUT2D eigenvalue weighted by atomic mass is 16.5. The zero-order valence-corrected chi connectivity index (χ0v) is 8.90. The van der Waals surface area contributed by atoms with Crippen LogP contribution in [0, 0.1) is 11.3 Å². The molecule has 0 amide bonds. The molecule has 0 aromatic carbocycles. The van der Waals surface area contributed by atoms with E-state index in [9.17, 15) is 0 Å². The zero-order chi connectivity index (χ0) is 11.4. The van der Waals surface area contributed by atoms with Gasteiger partial charge in [-0.1, -0.05) is 18.5 Å². The first-order valence-corrected chi connectivity index (χ1v) is 5.11. The Labute approximate surface area is 92.3 Å². The molecule has 0 saturated carbocycles. The van der Waals surface area contributed by atoms with Crippen LogP contribution in [0.15, 0.2) is 10.7 Å². The summed E-state index contributed by atoms with van der Waals surface area (Å²) in [5.74, 6) is 1.01. The maximum Gasteiger partial charge on any atom is 0.262 e. The third-order valence-electron chi connectivity index (χ3n) is 2.20. The quantitative estimate of drug-likeness (QED) is 0.841. The van der Waals surface area contributed by atoms with Gasteiger partial charge in [-0.05, 0) is 6.42 Å². The highest BCUT2D eigenvalue weighted by Crippen LogP contribution is 2.19. The molecule has 1 N–H and O–H groups in total. The van der Waals surface area contributed by atoms with Gasteiger partial charge in [0, 0.05) is 6.42 Å². The normalized spacial score (nSPS) is 10.2. The van der Waals surface area contributed by atoms with Crippen LogP contribution >= 0.6 is 0 Å². The second kappa shape index (κ2) is 4.57. The zero-order valence-electron chi connectivity index (χ0n) is 8.90. The molecule has 0 saturated heterocycles. The van der Waals surface area contributed by atoms with E-state index in [1.165, 1.54) is 6.20 Å². The largest absolute Gasteiger partial charge is 0.334 e. The first kappa shape index (κ1) is 10.4. The van der Waals surface area contributed by atoms with E-state index >= 15 is 0 Å². The molecule has 16 heavy (non-hydrogen) atoms. The molecule has 0 fully saturated rings. The Hall–Kier alpha value is -2.16. The van der Waals surface area contributed by atoms with Gasteiger partial charge in [0.15, 0.2) is 5.82 Å². The van der Waals surface area contributed by atoms with E-state index in [-0.39, 0.29) is 0 Å². The molecule has 2 aromatic heterocycles. The predicted molar refractivity (Wildman–Crippen MR) is 55.2 cm³/mol. The summed E-state index contributed by atoms with van der Waals surface area (Å²) in [6.07, 6.45) is 4.41. The summed E-state index contributed by atoms with van der Waals surface area (Å²) in [5, 5.41) is 19.0. The van der Waals surface area contributed by atoms with Crippen LogP contribution in [0.3, 0.4) is 0 Å². The fourth-order valence-corrected chi connectivity index (χ4v) is 1.33. The summed E-state index contributed by atoms with van der Waals surface area (Å²) >= 11 is 0. The number of aromatic amines is 1. The molecule has 0 bridgehead atoms. The number of unbranched alkanes of at least 4 members (excludes halogenated alkanes) is 1. The van der Waals surface area contributed by atoms with Gasteiger partial charge in [-0.3, -0.25) is 5.10 Å². The molecule has 0 radical (unpaired) electrons. The van der Waals surface area contributed by atoms with Gasteiger partial charge < -0.3 is 4.52 Å². The lowest BCUT2D eigenvalue weighted by atomic mass is 10.2. The molecule has 0 aliphatic carbocycles. The van der Waals surface area contributed by atoms with Gasteiger partial charge in [0.25, 0.3) is 5.89 Å². The smallest absolute Gasteiger partial charge is 0.262 e. The van der Waals surface area contributed by atoms with Gasteiger partial charge >= 0.3 is 0 Å². The molecule has 6 heteroatoms. The second-order valence-electron chi connectivity index (χ2n) is 3.39. The number of hydrogen-bond donors (Lipinski definition) is 1. The predicted octanol–water partition coefficient (Wildman–Crippen LogP) is 1.67. The van der Waals surface area contributed by atoms with Crippen molar-refractivity contribution in [3.8, 4) is 17.5 Å². The Balaban J connectivity index is 2.22. The molecule has 6 nitrogen and oxygen atoms in total. The van der Waals surface area contributed by atoms with Crippen molar-refractivity contribution in [2.24, 2.45) is 0 Å².